The molecule has 1 aromatic rings. The minimum Gasteiger partial charge on any atom is -0.263 e. The maximum absolute atomic E-state index is 5.36. The zero-order chi connectivity index (χ0) is 7.23. The Kier molecular flexibility index (Phi) is 5.64. The lowest BCUT2D eigenvalue weighted by molar-refractivity contribution is 1.31. The van der Waals surface area contributed by atoms with Crippen molar-refractivity contribution in [3.8, 4) is 11.8 Å². The molecule has 0 atom stereocenters. The summed E-state index contributed by atoms with van der Waals surface area (Å²) in [5, 5.41) is 0. The summed E-state index contributed by atoms with van der Waals surface area (Å²) in [6.07, 6.45) is 3.42. The third-order valence-corrected chi connectivity index (χ3v) is 1.09. The van der Waals surface area contributed by atoms with Crippen molar-refractivity contribution in [2.24, 2.45) is 0 Å². The molecule has 0 aliphatic carbocycles. The third kappa shape index (κ3) is 3.87. The molecule has 1 aromatic heterocycles. The highest BCUT2D eigenvalue weighted by Gasteiger charge is 1.79. The average Bonchev–Trinajstić information content (AvgIpc) is 2.03. The van der Waals surface area contributed by atoms with Crippen LogP contribution in [0.5, 0.6) is 0 Å². The van der Waals surface area contributed by atoms with Crippen molar-refractivity contribution in [1.82, 2.24) is 4.98 Å². The molecular formula is C8H7Cl2N. The van der Waals surface area contributed by atoms with E-state index in [1.54, 1.807) is 12.4 Å². The molecule has 0 radical (unpaired) electrons. The Balaban J connectivity index is 0.000001000. The standard InChI is InChI=1S/C8H6ClN.ClH/c9-5-1-3-8-4-2-6-10-7-8;/h2,4,6-7H,5H2;1H. The molecule has 58 valence electrons. The molecule has 3 heteroatoms. The Bertz CT molecular complexity index is 248. The molecule has 0 aliphatic rings. The second-order valence-corrected chi connectivity index (χ2v) is 1.94. The van der Waals surface area contributed by atoms with E-state index in [1.807, 2.05) is 12.1 Å². The summed E-state index contributed by atoms with van der Waals surface area (Å²) < 4.78 is 0. The zero-order valence-corrected chi connectivity index (χ0v) is 7.32. The van der Waals surface area contributed by atoms with Crippen LogP contribution in [0, 0.1) is 11.8 Å². The number of halogens is 2. The second-order valence-electron chi connectivity index (χ2n) is 1.68. The van der Waals surface area contributed by atoms with Gasteiger partial charge in [-0.1, -0.05) is 11.8 Å². The predicted molar refractivity (Wildman–Crippen MR) is 49.1 cm³/mol. The molecular weight excluding hydrogens is 181 g/mol. The van der Waals surface area contributed by atoms with Gasteiger partial charge in [-0.05, 0) is 12.1 Å². The Labute approximate surface area is 77.2 Å². The molecule has 0 fully saturated rings. The van der Waals surface area contributed by atoms with E-state index in [0.717, 1.165) is 5.56 Å². The highest BCUT2D eigenvalue weighted by atomic mass is 35.5. The summed E-state index contributed by atoms with van der Waals surface area (Å²) in [5.74, 6) is 5.96. The van der Waals surface area contributed by atoms with Gasteiger partial charge in [0.05, 0.1) is 5.88 Å². The molecule has 1 heterocycles. The normalized spacial score (nSPS) is 7.36. The van der Waals surface area contributed by atoms with E-state index in [1.165, 1.54) is 0 Å². The molecule has 0 aromatic carbocycles. The largest absolute Gasteiger partial charge is 0.263 e. The first kappa shape index (κ1) is 10.3. The molecule has 0 spiro atoms. The fraction of sp³-hybridized carbons (Fsp3) is 0.125. The summed E-state index contributed by atoms with van der Waals surface area (Å²) in [4.78, 5) is 3.89. The monoisotopic (exact) mass is 187 g/mol. The van der Waals surface area contributed by atoms with Crippen molar-refractivity contribution in [3.05, 3.63) is 30.1 Å². The zero-order valence-electron chi connectivity index (χ0n) is 5.75. The highest BCUT2D eigenvalue weighted by molar-refractivity contribution is 6.19. The molecule has 11 heavy (non-hydrogen) atoms. The van der Waals surface area contributed by atoms with Gasteiger partial charge in [-0.15, -0.1) is 24.0 Å². The van der Waals surface area contributed by atoms with Crippen LogP contribution in [0.2, 0.25) is 0 Å². The van der Waals surface area contributed by atoms with E-state index in [-0.39, 0.29) is 12.4 Å². The third-order valence-electron chi connectivity index (χ3n) is 0.961. The smallest absolute Gasteiger partial charge is 0.0839 e. The van der Waals surface area contributed by atoms with Gasteiger partial charge >= 0.3 is 0 Å². The van der Waals surface area contributed by atoms with Gasteiger partial charge in [0.2, 0.25) is 0 Å². The molecule has 0 amide bonds. The highest BCUT2D eigenvalue weighted by Crippen LogP contribution is 1.90. The molecule has 0 N–H and O–H groups in total. The van der Waals surface area contributed by atoms with Crippen LogP contribution in [0.15, 0.2) is 24.5 Å². The van der Waals surface area contributed by atoms with Gasteiger partial charge in [-0.25, -0.2) is 0 Å². The van der Waals surface area contributed by atoms with Crippen molar-refractivity contribution in [2.75, 3.05) is 5.88 Å². The minimum atomic E-state index is 0. The van der Waals surface area contributed by atoms with Crippen LogP contribution in [0.3, 0.4) is 0 Å². The Hall–Kier alpha value is -0.710. The first-order valence-electron chi connectivity index (χ1n) is 2.88. The molecule has 0 bridgehead atoms. The summed E-state index contributed by atoms with van der Waals surface area (Å²) in [6.45, 7) is 0. The number of aromatic nitrogens is 1. The van der Waals surface area contributed by atoms with Gasteiger partial charge in [0, 0.05) is 18.0 Å². The van der Waals surface area contributed by atoms with Crippen LogP contribution < -0.4 is 0 Å². The summed E-state index contributed by atoms with van der Waals surface area (Å²) >= 11 is 5.36. The molecule has 0 saturated carbocycles. The fourth-order valence-electron chi connectivity index (χ4n) is 0.572. The lowest BCUT2D eigenvalue weighted by atomic mass is 10.3. The summed E-state index contributed by atoms with van der Waals surface area (Å²) in [7, 11) is 0. The van der Waals surface area contributed by atoms with E-state index >= 15 is 0 Å². The van der Waals surface area contributed by atoms with E-state index in [9.17, 15) is 0 Å². The number of alkyl halides is 1. The molecule has 0 saturated heterocycles. The van der Waals surface area contributed by atoms with E-state index in [0.29, 0.717) is 5.88 Å². The lowest BCUT2D eigenvalue weighted by Gasteiger charge is -1.83. The van der Waals surface area contributed by atoms with E-state index in [2.05, 4.69) is 16.8 Å². The Morgan fingerprint density at radius 3 is 2.91 bits per heavy atom. The quantitative estimate of drug-likeness (QED) is 0.448. The van der Waals surface area contributed by atoms with Gasteiger partial charge in [-0.3, -0.25) is 4.98 Å². The van der Waals surface area contributed by atoms with Gasteiger partial charge in [0.1, 0.15) is 0 Å². The van der Waals surface area contributed by atoms with Crippen LogP contribution >= 0.6 is 24.0 Å². The van der Waals surface area contributed by atoms with Crippen LogP contribution in [0.25, 0.3) is 0 Å². The maximum Gasteiger partial charge on any atom is 0.0839 e. The first-order valence-corrected chi connectivity index (χ1v) is 3.42. The van der Waals surface area contributed by atoms with Crippen molar-refractivity contribution < 1.29 is 0 Å². The number of rotatable bonds is 0. The maximum atomic E-state index is 5.36. The molecule has 0 aliphatic heterocycles. The van der Waals surface area contributed by atoms with Crippen molar-refractivity contribution in [2.45, 2.75) is 0 Å². The first-order chi connectivity index (χ1) is 4.93. The van der Waals surface area contributed by atoms with Crippen LogP contribution in [-0.4, -0.2) is 10.9 Å². The van der Waals surface area contributed by atoms with Gasteiger partial charge in [0.25, 0.3) is 0 Å². The van der Waals surface area contributed by atoms with Gasteiger partial charge < -0.3 is 0 Å². The van der Waals surface area contributed by atoms with Crippen molar-refractivity contribution in [1.29, 1.82) is 0 Å². The Morgan fingerprint density at radius 2 is 2.36 bits per heavy atom. The fourth-order valence-corrected chi connectivity index (χ4v) is 0.639. The molecule has 1 rings (SSSR count). The number of hydrogen-bond acceptors (Lipinski definition) is 1. The Morgan fingerprint density at radius 1 is 1.55 bits per heavy atom. The SMILES string of the molecule is Cl.ClCC#Cc1cccnc1. The summed E-state index contributed by atoms with van der Waals surface area (Å²) in [5.41, 5.74) is 0.906. The van der Waals surface area contributed by atoms with E-state index in [4.69, 9.17) is 11.6 Å². The molecule has 0 unspecified atom stereocenters. The second kappa shape index (κ2) is 6.03. The minimum absolute atomic E-state index is 0. The van der Waals surface area contributed by atoms with Crippen LogP contribution in [0.4, 0.5) is 0 Å². The predicted octanol–water partition coefficient (Wildman–Crippen LogP) is 2.09. The van der Waals surface area contributed by atoms with Crippen molar-refractivity contribution in [3.63, 3.8) is 0 Å². The molecule has 1 nitrogen and oxygen atoms in total. The number of hydrogen-bond donors (Lipinski definition) is 0. The number of pyridine rings is 1. The van der Waals surface area contributed by atoms with Gasteiger partial charge in [0.15, 0.2) is 0 Å². The number of nitrogens with zero attached hydrogens (tertiary/aromatic N) is 1. The van der Waals surface area contributed by atoms with Crippen LogP contribution in [0.1, 0.15) is 5.56 Å². The lowest BCUT2D eigenvalue weighted by Crippen LogP contribution is -1.74. The van der Waals surface area contributed by atoms with Gasteiger partial charge in [-0.2, -0.15) is 0 Å². The summed E-state index contributed by atoms with van der Waals surface area (Å²) in [6, 6.07) is 3.74. The topological polar surface area (TPSA) is 12.9 Å². The van der Waals surface area contributed by atoms with Crippen LogP contribution in [-0.2, 0) is 0 Å². The average molecular weight is 188 g/mol. The van der Waals surface area contributed by atoms with Crippen molar-refractivity contribution >= 4 is 24.0 Å². The van der Waals surface area contributed by atoms with E-state index < -0.39 is 0 Å².